The van der Waals surface area contributed by atoms with Gasteiger partial charge in [0.2, 0.25) is 0 Å². The smallest absolute Gasteiger partial charge is 0.0217 e. The Balaban J connectivity index is 3.58. The number of likely N-dealkylation sites (N-methyl/N-ethyl adjacent to an activating group) is 1. The first kappa shape index (κ1) is 15.3. The summed E-state index contributed by atoms with van der Waals surface area (Å²) in [5.41, 5.74) is 0. The summed E-state index contributed by atoms with van der Waals surface area (Å²) in [5, 5.41) is 3.65. The van der Waals surface area contributed by atoms with Crippen molar-refractivity contribution in [1.82, 2.24) is 10.2 Å². The van der Waals surface area contributed by atoms with E-state index in [0.29, 0.717) is 12.0 Å². The van der Waals surface area contributed by atoms with Crippen molar-refractivity contribution in [2.45, 2.75) is 33.2 Å². The van der Waals surface area contributed by atoms with Gasteiger partial charge < -0.3 is 10.2 Å². The summed E-state index contributed by atoms with van der Waals surface area (Å²) in [4.78, 5) is 2.26. The fourth-order valence-electron chi connectivity index (χ4n) is 1.51. The Morgan fingerprint density at radius 1 is 1.27 bits per heavy atom. The number of rotatable bonds is 9. The van der Waals surface area contributed by atoms with E-state index in [9.17, 15) is 0 Å². The second-order valence-electron chi connectivity index (χ2n) is 4.62. The van der Waals surface area contributed by atoms with Crippen LogP contribution >= 0.6 is 11.8 Å². The Morgan fingerprint density at radius 2 is 1.93 bits per heavy atom. The molecule has 0 aromatic rings. The van der Waals surface area contributed by atoms with E-state index in [4.69, 9.17) is 0 Å². The standard InChI is InChI=1S/C12H28N2S/c1-6-15-9-7-8-13-12(11(2)3)10-14(4)5/h11-13H,6-10H2,1-5H3. The van der Waals surface area contributed by atoms with E-state index in [-0.39, 0.29) is 0 Å². The van der Waals surface area contributed by atoms with Crippen LogP contribution in [0.5, 0.6) is 0 Å². The quantitative estimate of drug-likeness (QED) is 0.614. The number of thioether (sulfide) groups is 1. The minimum Gasteiger partial charge on any atom is -0.312 e. The predicted molar refractivity (Wildman–Crippen MR) is 72.8 cm³/mol. The Morgan fingerprint density at radius 3 is 2.40 bits per heavy atom. The molecule has 92 valence electrons. The van der Waals surface area contributed by atoms with Gasteiger partial charge in [0.05, 0.1) is 0 Å². The second kappa shape index (κ2) is 9.49. The minimum atomic E-state index is 0.631. The summed E-state index contributed by atoms with van der Waals surface area (Å²) < 4.78 is 0. The molecular formula is C12H28N2S. The third kappa shape index (κ3) is 9.21. The van der Waals surface area contributed by atoms with Gasteiger partial charge in [-0.1, -0.05) is 20.8 Å². The molecule has 0 amide bonds. The van der Waals surface area contributed by atoms with Crippen LogP contribution in [-0.2, 0) is 0 Å². The Hall–Kier alpha value is 0.270. The van der Waals surface area contributed by atoms with Crippen molar-refractivity contribution in [2.24, 2.45) is 5.92 Å². The molecule has 2 nitrogen and oxygen atoms in total. The van der Waals surface area contributed by atoms with Gasteiger partial charge in [-0.3, -0.25) is 0 Å². The third-order valence-electron chi connectivity index (χ3n) is 2.44. The van der Waals surface area contributed by atoms with Gasteiger partial charge in [0.25, 0.3) is 0 Å². The number of nitrogens with zero attached hydrogens (tertiary/aromatic N) is 1. The number of hydrogen-bond acceptors (Lipinski definition) is 3. The molecule has 0 radical (unpaired) electrons. The van der Waals surface area contributed by atoms with Crippen molar-refractivity contribution in [3.05, 3.63) is 0 Å². The van der Waals surface area contributed by atoms with Crippen LogP contribution < -0.4 is 5.32 Å². The average Bonchev–Trinajstić information content (AvgIpc) is 2.15. The van der Waals surface area contributed by atoms with Gasteiger partial charge in [-0.25, -0.2) is 0 Å². The molecule has 0 bridgehead atoms. The lowest BCUT2D eigenvalue weighted by Gasteiger charge is -2.25. The summed E-state index contributed by atoms with van der Waals surface area (Å²) in [7, 11) is 4.29. The zero-order valence-corrected chi connectivity index (χ0v) is 11.9. The lowest BCUT2D eigenvalue weighted by atomic mass is 10.0. The van der Waals surface area contributed by atoms with Crippen LogP contribution in [0.25, 0.3) is 0 Å². The van der Waals surface area contributed by atoms with Crippen LogP contribution in [0.15, 0.2) is 0 Å². The van der Waals surface area contributed by atoms with Gasteiger partial charge in [0.15, 0.2) is 0 Å². The Kier molecular flexibility index (Phi) is 9.66. The molecule has 3 heteroatoms. The Bertz CT molecular complexity index is 138. The van der Waals surface area contributed by atoms with Crippen molar-refractivity contribution in [3.8, 4) is 0 Å². The molecule has 0 fully saturated rings. The SMILES string of the molecule is CCSCCCNC(CN(C)C)C(C)C. The van der Waals surface area contributed by atoms with Crippen molar-refractivity contribution < 1.29 is 0 Å². The van der Waals surface area contributed by atoms with Gasteiger partial charge in [0.1, 0.15) is 0 Å². The van der Waals surface area contributed by atoms with E-state index < -0.39 is 0 Å². The van der Waals surface area contributed by atoms with Gasteiger partial charge in [-0.15, -0.1) is 0 Å². The van der Waals surface area contributed by atoms with Crippen LogP contribution in [0.1, 0.15) is 27.2 Å². The molecule has 0 aromatic heterocycles. The van der Waals surface area contributed by atoms with Crippen LogP contribution in [-0.4, -0.2) is 49.6 Å². The highest BCUT2D eigenvalue weighted by Gasteiger charge is 2.12. The largest absolute Gasteiger partial charge is 0.312 e. The molecule has 1 atom stereocenters. The molecular weight excluding hydrogens is 204 g/mol. The fraction of sp³-hybridized carbons (Fsp3) is 1.00. The number of nitrogens with one attached hydrogen (secondary N) is 1. The molecule has 0 heterocycles. The molecule has 0 aliphatic carbocycles. The van der Waals surface area contributed by atoms with E-state index in [1.54, 1.807) is 0 Å². The normalized spacial score (nSPS) is 13.8. The molecule has 0 aromatic carbocycles. The first-order valence-electron chi connectivity index (χ1n) is 6.03. The topological polar surface area (TPSA) is 15.3 Å². The van der Waals surface area contributed by atoms with Gasteiger partial charge >= 0.3 is 0 Å². The van der Waals surface area contributed by atoms with E-state index >= 15 is 0 Å². The lowest BCUT2D eigenvalue weighted by molar-refractivity contribution is 0.290. The van der Waals surface area contributed by atoms with E-state index in [2.05, 4.69) is 45.1 Å². The molecule has 0 spiro atoms. The molecule has 0 saturated carbocycles. The third-order valence-corrected chi connectivity index (χ3v) is 3.43. The summed E-state index contributed by atoms with van der Waals surface area (Å²) in [6.45, 7) is 9.10. The highest BCUT2D eigenvalue weighted by atomic mass is 32.2. The van der Waals surface area contributed by atoms with Gasteiger partial charge in [-0.05, 0) is 44.5 Å². The monoisotopic (exact) mass is 232 g/mol. The summed E-state index contributed by atoms with van der Waals surface area (Å²) in [5.74, 6) is 3.24. The highest BCUT2D eigenvalue weighted by molar-refractivity contribution is 7.99. The molecule has 1 N–H and O–H groups in total. The van der Waals surface area contributed by atoms with Crippen LogP contribution in [0, 0.1) is 5.92 Å². The van der Waals surface area contributed by atoms with Gasteiger partial charge in [-0.2, -0.15) is 11.8 Å². The molecule has 0 rings (SSSR count). The second-order valence-corrected chi connectivity index (χ2v) is 6.01. The first-order chi connectivity index (χ1) is 7.07. The van der Waals surface area contributed by atoms with E-state index in [1.165, 1.54) is 17.9 Å². The molecule has 0 aliphatic heterocycles. The average molecular weight is 232 g/mol. The molecule has 1 unspecified atom stereocenters. The predicted octanol–water partition coefficient (Wildman–Crippen LogP) is 2.31. The maximum absolute atomic E-state index is 3.65. The number of hydrogen-bond donors (Lipinski definition) is 1. The maximum atomic E-state index is 3.65. The van der Waals surface area contributed by atoms with Crippen molar-refractivity contribution in [1.29, 1.82) is 0 Å². The van der Waals surface area contributed by atoms with Crippen LogP contribution in [0.4, 0.5) is 0 Å². The van der Waals surface area contributed by atoms with E-state index in [0.717, 1.165) is 13.1 Å². The molecule has 15 heavy (non-hydrogen) atoms. The zero-order chi connectivity index (χ0) is 11.7. The maximum Gasteiger partial charge on any atom is 0.0217 e. The molecule has 0 aliphatic rings. The zero-order valence-electron chi connectivity index (χ0n) is 11.0. The van der Waals surface area contributed by atoms with Crippen molar-refractivity contribution in [3.63, 3.8) is 0 Å². The van der Waals surface area contributed by atoms with Crippen LogP contribution in [0.2, 0.25) is 0 Å². The van der Waals surface area contributed by atoms with Crippen LogP contribution in [0.3, 0.4) is 0 Å². The van der Waals surface area contributed by atoms with E-state index in [1.807, 2.05) is 11.8 Å². The summed E-state index contributed by atoms with van der Waals surface area (Å²) in [6, 6.07) is 0.631. The van der Waals surface area contributed by atoms with Crippen molar-refractivity contribution in [2.75, 3.05) is 38.7 Å². The van der Waals surface area contributed by atoms with Crippen molar-refractivity contribution >= 4 is 11.8 Å². The fourth-order valence-corrected chi connectivity index (χ4v) is 2.15. The minimum absolute atomic E-state index is 0.631. The first-order valence-corrected chi connectivity index (χ1v) is 7.19. The molecule has 0 saturated heterocycles. The van der Waals surface area contributed by atoms with Gasteiger partial charge in [0, 0.05) is 12.6 Å². The highest BCUT2D eigenvalue weighted by Crippen LogP contribution is 2.04. The summed E-state index contributed by atoms with van der Waals surface area (Å²) in [6.07, 6.45) is 1.29. The Labute approximate surface area is 100 Å². The summed E-state index contributed by atoms with van der Waals surface area (Å²) >= 11 is 2.03. The lowest BCUT2D eigenvalue weighted by Crippen LogP contribution is -2.42.